The van der Waals surface area contributed by atoms with E-state index < -0.39 is 10.0 Å². The van der Waals surface area contributed by atoms with Crippen molar-refractivity contribution in [3.05, 3.63) is 23.6 Å². The number of aryl methyl sites for hydroxylation is 1. The van der Waals surface area contributed by atoms with E-state index in [0.717, 1.165) is 5.69 Å². The molecule has 180 valence electrons. The third kappa shape index (κ3) is 4.93. The monoisotopic (exact) mass is 499 g/mol. The molecule has 0 spiro atoms. The van der Waals surface area contributed by atoms with Crippen LogP contribution >= 0.6 is 11.6 Å². The Morgan fingerprint density at radius 1 is 1.18 bits per heavy atom. The van der Waals surface area contributed by atoms with Gasteiger partial charge in [-0.3, -0.25) is 4.68 Å². The van der Waals surface area contributed by atoms with E-state index in [2.05, 4.69) is 25.7 Å². The van der Waals surface area contributed by atoms with E-state index in [4.69, 9.17) is 25.8 Å². The summed E-state index contributed by atoms with van der Waals surface area (Å²) >= 11 is 6.32. The SMILES string of the molecule is Cn1cc(Nc2ncc(Cl)c(NC3COC4C(CS(=O)(=O)N5CCOCC5)COC34)n2)cn1. The lowest BCUT2D eigenvalue weighted by Gasteiger charge is -2.27. The number of sulfonamides is 1. The van der Waals surface area contributed by atoms with Crippen molar-refractivity contribution in [1.29, 1.82) is 0 Å². The van der Waals surface area contributed by atoms with E-state index in [-0.39, 0.29) is 29.9 Å². The van der Waals surface area contributed by atoms with Crippen LogP contribution < -0.4 is 10.6 Å². The molecule has 0 saturated carbocycles. The third-order valence-electron chi connectivity index (χ3n) is 5.97. The highest BCUT2D eigenvalue weighted by Gasteiger charge is 2.49. The lowest BCUT2D eigenvalue weighted by atomic mass is 10.0. The van der Waals surface area contributed by atoms with E-state index in [0.29, 0.717) is 56.3 Å². The number of nitrogens with one attached hydrogen (secondary N) is 2. The lowest BCUT2D eigenvalue weighted by Crippen LogP contribution is -2.44. The predicted octanol–water partition coefficient (Wildman–Crippen LogP) is 0.463. The molecular formula is C19H26ClN7O5S. The Hall–Kier alpha value is -2.03. The average Bonchev–Trinajstić information content (AvgIpc) is 3.50. The van der Waals surface area contributed by atoms with Crippen LogP contribution in [0.2, 0.25) is 5.02 Å². The van der Waals surface area contributed by atoms with Crippen molar-refractivity contribution in [2.24, 2.45) is 13.0 Å². The van der Waals surface area contributed by atoms with Crippen molar-refractivity contribution in [3.8, 4) is 0 Å². The molecular weight excluding hydrogens is 474 g/mol. The van der Waals surface area contributed by atoms with Gasteiger partial charge in [-0.05, 0) is 0 Å². The van der Waals surface area contributed by atoms with E-state index >= 15 is 0 Å². The maximum atomic E-state index is 12.8. The highest BCUT2D eigenvalue weighted by Crippen LogP contribution is 2.35. The standard InChI is InChI=1S/C19H26ClN7O5S/c1-26-8-13(6-22-26)23-19-21-7-14(20)18(25-19)24-15-10-32-16-12(9-31-17(15)16)11-33(28,29)27-2-4-30-5-3-27/h6-8,12,15-17H,2-5,9-11H2,1H3,(H2,21,23,24,25). The molecule has 14 heteroatoms. The zero-order valence-corrected chi connectivity index (χ0v) is 19.6. The van der Waals surface area contributed by atoms with Crippen LogP contribution in [0.25, 0.3) is 0 Å². The first-order chi connectivity index (χ1) is 15.9. The number of ether oxygens (including phenoxy) is 3. The number of halogens is 1. The molecule has 0 aliphatic carbocycles. The van der Waals surface area contributed by atoms with Gasteiger partial charge in [-0.2, -0.15) is 14.4 Å². The van der Waals surface area contributed by atoms with Crippen molar-refractivity contribution in [3.63, 3.8) is 0 Å². The number of hydrogen-bond donors (Lipinski definition) is 2. The van der Waals surface area contributed by atoms with Gasteiger partial charge >= 0.3 is 0 Å². The van der Waals surface area contributed by atoms with Crippen LogP contribution in [-0.4, -0.2) is 96.0 Å². The number of rotatable bonds is 7. The number of morpholine rings is 1. The van der Waals surface area contributed by atoms with Crippen molar-refractivity contribution < 1.29 is 22.6 Å². The van der Waals surface area contributed by atoms with E-state index in [1.54, 1.807) is 17.1 Å². The fourth-order valence-electron chi connectivity index (χ4n) is 4.36. The Kier molecular flexibility index (Phi) is 6.42. The predicted molar refractivity (Wildman–Crippen MR) is 120 cm³/mol. The van der Waals surface area contributed by atoms with Crippen LogP contribution in [-0.2, 0) is 31.3 Å². The van der Waals surface area contributed by atoms with Gasteiger partial charge in [0, 0.05) is 32.3 Å². The summed E-state index contributed by atoms with van der Waals surface area (Å²) in [5, 5.41) is 10.8. The van der Waals surface area contributed by atoms with Crippen LogP contribution in [0.1, 0.15) is 0 Å². The summed E-state index contributed by atoms with van der Waals surface area (Å²) in [6, 6.07) is -0.218. The van der Waals surface area contributed by atoms with Crippen LogP contribution in [0.5, 0.6) is 0 Å². The van der Waals surface area contributed by atoms with Gasteiger partial charge < -0.3 is 24.8 Å². The number of fused-ring (bicyclic) bond motifs is 1. The summed E-state index contributed by atoms with van der Waals surface area (Å²) in [7, 11) is -1.59. The molecule has 3 saturated heterocycles. The number of nitrogens with zero attached hydrogens (tertiary/aromatic N) is 5. The molecule has 5 rings (SSSR count). The summed E-state index contributed by atoms with van der Waals surface area (Å²) in [5.74, 6) is 0.569. The molecule has 3 fully saturated rings. The van der Waals surface area contributed by atoms with Gasteiger partial charge in [-0.15, -0.1) is 0 Å². The van der Waals surface area contributed by atoms with Gasteiger partial charge in [0.05, 0.1) is 62.4 Å². The van der Waals surface area contributed by atoms with Gasteiger partial charge in [0.25, 0.3) is 0 Å². The van der Waals surface area contributed by atoms with Crippen molar-refractivity contribution in [2.75, 3.05) is 55.9 Å². The van der Waals surface area contributed by atoms with Crippen LogP contribution in [0, 0.1) is 5.92 Å². The quantitative estimate of drug-likeness (QED) is 0.553. The molecule has 33 heavy (non-hydrogen) atoms. The number of anilines is 3. The molecule has 0 amide bonds. The second kappa shape index (κ2) is 9.31. The molecule has 2 N–H and O–H groups in total. The highest BCUT2D eigenvalue weighted by molar-refractivity contribution is 7.89. The molecule has 0 radical (unpaired) electrons. The van der Waals surface area contributed by atoms with E-state index in [9.17, 15) is 8.42 Å². The van der Waals surface area contributed by atoms with Gasteiger partial charge in [0.15, 0.2) is 5.82 Å². The average molecular weight is 500 g/mol. The fourth-order valence-corrected chi connectivity index (χ4v) is 6.25. The molecule has 12 nitrogen and oxygen atoms in total. The Bertz CT molecular complexity index is 1090. The fraction of sp³-hybridized carbons (Fsp3) is 0.632. The molecule has 3 aliphatic heterocycles. The molecule has 3 aliphatic rings. The Morgan fingerprint density at radius 3 is 2.73 bits per heavy atom. The second-order valence-electron chi connectivity index (χ2n) is 8.31. The zero-order chi connectivity index (χ0) is 23.0. The summed E-state index contributed by atoms with van der Waals surface area (Å²) in [5.41, 5.74) is 0.749. The molecule has 0 aromatic carbocycles. The first kappa shape index (κ1) is 22.7. The zero-order valence-electron chi connectivity index (χ0n) is 18.1. The third-order valence-corrected chi connectivity index (χ3v) is 8.25. The minimum absolute atomic E-state index is 0.00563. The number of aromatic nitrogens is 4. The molecule has 4 atom stereocenters. The molecule has 0 bridgehead atoms. The Balaban J connectivity index is 1.23. The minimum atomic E-state index is -3.41. The van der Waals surface area contributed by atoms with Gasteiger partial charge in [-0.1, -0.05) is 11.6 Å². The summed E-state index contributed by atoms with van der Waals surface area (Å²) in [6.45, 7) is 2.30. The van der Waals surface area contributed by atoms with Crippen LogP contribution in [0.15, 0.2) is 18.6 Å². The summed E-state index contributed by atoms with van der Waals surface area (Å²) < 4.78 is 46.0. The lowest BCUT2D eigenvalue weighted by molar-refractivity contribution is 0.0641. The molecule has 5 heterocycles. The van der Waals surface area contributed by atoms with Crippen LogP contribution in [0.4, 0.5) is 17.5 Å². The first-order valence-electron chi connectivity index (χ1n) is 10.7. The first-order valence-corrected chi connectivity index (χ1v) is 12.7. The Labute approximate surface area is 196 Å². The summed E-state index contributed by atoms with van der Waals surface area (Å²) in [6.07, 6.45) is 4.37. The Morgan fingerprint density at radius 2 is 1.97 bits per heavy atom. The highest BCUT2D eigenvalue weighted by atomic mass is 35.5. The van der Waals surface area contributed by atoms with Crippen molar-refractivity contribution in [2.45, 2.75) is 18.2 Å². The van der Waals surface area contributed by atoms with Gasteiger partial charge in [0.1, 0.15) is 11.1 Å². The van der Waals surface area contributed by atoms with Crippen molar-refractivity contribution in [1.82, 2.24) is 24.1 Å². The second-order valence-corrected chi connectivity index (χ2v) is 10.7. The van der Waals surface area contributed by atoms with Crippen LogP contribution in [0.3, 0.4) is 0 Å². The number of hydrogen-bond acceptors (Lipinski definition) is 10. The maximum absolute atomic E-state index is 12.8. The molecule has 2 aromatic rings. The molecule has 2 aromatic heterocycles. The largest absolute Gasteiger partial charge is 0.379 e. The molecule has 4 unspecified atom stereocenters. The summed E-state index contributed by atoms with van der Waals surface area (Å²) in [4.78, 5) is 8.67. The minimum Gasteiger partial charge on any atom is -0.379 e. The normalized spacial score (nSPS) is 28.1. The van der Waals surface area contributed by atoms with E-state index in [1.807, 2.05) is 7.05 Å². The van der Waals surface area contributed by atoms with Crippen molar-refractivity contribution >= 4 is 39.1 Å². The smallest absolute Gasteiger partial charge is 0.229 e. The van der Waals surface area contributed by atoms with E-state index in [1.165, 1.54) is 10.5 Å². The van der Waals surface area contributed by atoms with Gasteiger partial charge in [0.2, 0.25) is 16.0 Å². The maximum Gasteiger partial charge on any atom is 0.229 e. The topological polar surface area (TPSA) is 133 Å². The van der Waals surface area contributed by atoms with Gasteiger partial charge in [-0.25, -0.2) is 13.4 Å².